The topological polar surface area (TPSA) is 115 Å². The molecule has 11 nitrogen and oxygen atoms in total. The van der Waals surface area contributed by atoms with Crippen molar-refractivity contribution in [2.75, 3.05) is 64.4 Å². The zero-order chi connectivity index (χ0) is 30.3. The summed E-state index contributed by atoms with van der Waals surface area (Å²) in [6.07, 6.45) is 9.12. The molecule has 5 aromatic heterocycles. The number of piperazine rings is 1. The fourth-order valence-electron chi connectivity index (χ4n) is 6.23. The maximum absolute atomic E-state index is 14.9. The zero-order valence-electron chi connectivity index (χ0n) is 25.0. The van der Waals surface area contributed by atoms with Crippen LogP contribution in [-0.4, -0.2) is 104 Å². The van der Waals surface area contributed by atoms with E-state index in [4.69, 9.17) is 9.72 Å². The van der Waals surface area contributed by atoms with Crippen LogP contribution in [-0.2, 0) is 11.3 Å². The molecule has 0 aliphatic carbocycles. The first-order valence-corrected chi connectivity index (χ1v) is 15.2. The predicted octanol–water partition coefficient (Wildman–Crippen LogP) is 4.35. The number of imidazole rings is 1. The van der Waals surface area contributed by atoms with E-state index in [1.807, 2.05) is 24.7 Å². The number of rotatable bonds is 6. The minimum Gasteiger partial charge on any atom is -0.378 e. The monoisotopic (exact) mass is 604 g/mol. The molecule has 2 aliphatic heterocycles. The van der Waals surface area contributed by atoms with Crippen LogP contribution in [0.2, 0.25) is 0 Å². The third kappa shape index (κ3) is 5.52. The van der Waals surface area contributed by atoms with Crippen LogP contribution in [0.5, 0.6) is 0 Å². The van der Waals surface area contributed by atoms with Gasteiger partial charge in [0.15, 0.2) is 11.5 Å². The molecule has 8 rings (SSSR count). The summed E-state index contributed by atoms with van der Waals surface area (Å²) in [7, 11) is 2.17. The molecule has 1 aromatic carbocycles. The van der Waals surface area contributed by atoms with Gasteiger partial charge in [0.2, 0.25) is 0 Å². The lowest BCUT2D eigenvalue weighted by molar-refractivity contribution is 0.122. The molecular weight excluding hydrogens is 571 g/mol. The van der Waals surface area contributed by atoms with Crippen LogP contribution >= 0.6 is 0 Å². The average molecular weight is 605 g/mol. The van der Waals surface area contributed by atoms with E-state index < -0.39 is 0 Å². The first kappa shape index (κ1) is 27.7. The normalized spacial score (nSPS) is 16.6. The molecule has 0 amide bonds. The molecule has 0 spiro atoms. The summed E-state index contributed by atoms with van der Waals surface area (Å²) in [5.41, 5.74) is 8.17. The molecule has 0 radical (unpaired) electrons. The van der Waals surface area contributed by atoms with E-state index in [0.29, 0.717) is 30.2 Å². The third-order valence-corrected chi connectivity index (χ3v) is 8.74. The van der Waals surface area contributed by atoms with Crippen molar-refractivity contribution in [2.24, 2.45) is 0 Å². The molecule has 2 fully saturated rings. The average Bonchev–Trinajstić information content (AvgIpc) is 3.70. The number of pyridine rings is 3. The van der Waals surface area contributed by atoms with Gasteiger partial charge in [0.05, 0.1) is 35.8 Å². The molecule has 0 unspecified atom stereocenters. The van der Waals surface area contributed by atoms with Gasteiger partial charge in [-0.2, -0.15) is 5.10 Å². The van der Waals surface area contributed by atoms with Crippen LogP contribution in [0.1, 0.15) is 5.56 Å². The van der Waals surface area contributed by atoms with Gasteiger partial charge in [-0.1, -0.05) is 0 Å². The standard InChI is InChI=1S/C33H33FN10O/c1-42-2-4-43(5-3-42)20-21-10-23(16-35-15-21)24-13-27-31(40-41-32(27)37-17-24)33-38-29-19-36-18-28(30(29)39-33)22-11-25(34)14-26(12-22)44-6-8-45-9-7-44/h10-19H,2-9,20H2,1H3,(H,38,39)(H,37,40,41). The van der Waals surface area contributed by atoms with Crippen molar-refractivity contribution in [3.05, 3.63) is 72.7 Å². The van der Waals surface area contributed by atoms with E-state index in [0.717, 1.165) is 90.4 Å². The van der Waals surface area contributed by atoms with Crippen molar-refractivity contribution >= 4 is 27.8 Å². The van der Waals surface area contributed by atoms with Crippen LogP contribution in [0.4, 0.5) is 10.1 Å². The number of nitrogens with zero attached hydrogens (tertiary/aromatic N) is 8. The SMILES string of the molecule is CN1CCN(Cc2cncc(-c3cnc4n[nH]c(-c5nc6c(-c7cc(F)cc(N8CCOCC8)c7)cncc6[nH]5)c4c3)c2)CC1. The highest BCUT2D eigenvalue weighted by Crippen LogP contribution is 2.34. The van der Waals surface area contributed by atoms with Crippen LogP contribution in [0.3, 0.4) is 0 Å². The maximum Gasteiger partial charge on any atom is 0.181 e. The highest BCUT2D eigenvalue weighted by atomic mass is 19.1. The smallest absolute Gasteiger partial charge is 0.181 e. The van der Waals surface area contributed by atoms with E-state index in [1.165, 1.54) is 11.6 Å². The molecule has 0 atom stereocenters. The van der Waals surface area contributed by atoms with Gasteiger partial charge in [0.1, 0.15) is 11.5 Å². The molecule has 228 valence electrons. The number of ether oxygens (including phenoxy) is 1. The molecule has 12 heteroatoms. The predicted molar refractivity (Wildman–Crippen MR) is 171 cm³/mol. The minimum absolute atomic E-state index is 0.304. The Balaban J connectivity index is 1.13. The van der Waals surface area contributed by atoms with Crippen LogP contribution in [0.15, 0.2) is 61.3 Å². The van der Waals surface area contributed by atoms with E-state index in [1.54, 1.807) is 18.5 Å². The highest BCUT2D eigenvalue weighted by molar-refractivity contribution is 5.97. The van der Waals surface area contributed by atoms with Gasteiger partial charge in [-0.05, 0) is 48.5 Å². The molecule has 0 bridgehead atoms. The summed E-state index contributed by atoms with van der Waals surface area (Å²) in [4.78, 5) is 29.0. The van der Waals surface area contributed by atoms with Crippen molar-refractivity contribution in [3.8, 4) is 33.8 Å². The van der Waals surface area contributed by atoms with Gasteiger partial charge < -0.3 is 19.5 Å². The number of anilines is 1. The molecule has 7 heterocycles. The molecule has 0 saturated carbocycles. The van der Waals surface area contributed by atoms with Crippen molar-refractivity contribution in [1.29, 1.82) is 0 Å². The third-order valence-electron chi connectivity index (χ3n) is 8.74. The van der Waals surface area contributed by atoms with Crippen molar-refractivity contribution in [2.45, 2.75) is 6.54 Å². The van der Waals surface area contributed by atoms with Gasteiger partial charge in [0, 0.05) is 93.0 Å². The van der Waals surface area contributed by atoms with E-state index in [9.17, 15) is 4.39 Å². The van der Waals surface area contributed by atoms with Gasteiger partial charge in [-0.25, -0.2) is 14.4 Å². The Labute approximate surface area is 259 Å². The number of fused-ring (bicyclic) bond motifs is 2. The number of aromatic nitrogens is 7. The second-order valence-electron chi connectivity index (χ2n) is 11.8. The largest absolute Gasteiger partial charge is 0.378 e. The Morgan fingerprint density at radius 2 is 1.67 bits per heavy atom. The quantitative estimate of drug-likeness (QED) is 0.286. The molecule has 2 saturated heterocycles. The number of likely N-dealkylation sites (N-methyl/N-ethyl adjacent to an activating group) is 1. The lowest BCUT2D eigenvalue weighted by Crippen LogP contribution is -2.43. The van der Waals surface area contributed by atoms with Crippen LogP contribution in [0, 0.1) is 5.82 Å². The van der Waals surface area contributed by atoms with Gasteiger partial charge in [0.25, 0.3) is 0 Å². The molecular formula is C33H33FN10O. The number of halogens is 1. The Morgan fingerprint density at radius 3 is 2.53 bits per heavy atom. The minimum atomic E-state index is -0.304. The number of morpholine rings is 1. The first-order chi connectivity index (χ1) is 22.1. The van der Waals surface area contributed by atoms with Crippen LogP contribution in [0.25, 0.3) is 55.8 Å². The fraction of sp³-hybridized carbons (Fsp3) is 0.303. The molecule has 2 N–H and O–H groups in total. The lowest BCUT2D eigenvalue weighted by Gasteiger charge is -2.32. The second-order valence-corrected chi connectivity index (χ2v) is 11.8. The number of hydrogen-bond donors (Lipinski definition) is 2. The summed E-state index contributed by atoms with van der Waals surface area (Å²) in [6.45, 7) is 7.82. The number of aromatic amines is 2. The Hall–Kier alpha value is -4.78. The lowest BCUT2D eigenvalue weighted by atomic mass is 10.0. The fourth-order valence-corrected chi connectivity index (χ4v) is 6.23. The Kier molecular flexibility index (Phi) is 7.16. The van der Waals surface area contributed by atoms with Crippen molar-refractivity contribution in [3.63, 3.8) is 0 Å². The zero-order valence-corrected chi connectivity index (χ0v) is 25.0. The van der Waals surface area contributed by atoms with Gasteiger partial charge in [-0.3, -0.25) is 20.0 Å². The van der Waals surface area contributed by atoms with Crippen molar-refractivity contribution < 1.29 is 9.13 Å². The van der Waals surface area contributed by atoms with Crippen LogP contribution < -0.4 is 4.90 Å². The second kappa shape index (κ2) is 11.6. The summed E-state index contributed by atoms with van der Waals surface area (Å²) >= 11 is 0. The number of benzene rings is 1. The molecule has 2 aliphatic rings. The molecule has 6 aromatic rings. The van der Waals surface area contributed by atoms with E-state index in [2.05, 4.69) is 64.0 Å². The molecule has 45 heavy (non-hydrogen) atoms. The van der Waals surface area contributed by atoms with Crippen molar-refractivity contribution in [1.82, 2.24) is 44.9 Å². The van der Waals surface area contributed by atoms with E-state index >= 15 is 0 Å². The highest BCUT2D eigenvalue weighted by Gasteiger charge is 2.19. The summed E-state index contributed by atoms with van der Waals surface area (Å²) < 4.78 is 20.4. The van der Waals surface area contributed by atoms with Gasteiger partial charge >= 0.3 is 0 Å². The van der Waals surface area contributed by atoms with Gasteiger partial charge in [-0.15, -0.1) is 0 Å². The maximum atomic E-state index is 14.9. The van der Waals surface area contributed by atoms with E-state index in [-0.39, 0.29) is 5.82 Å². The first-order valence-electron chi connectivity index (χ1n) is 15.2. The number of H-pyrrole nitrogens is 2. The number of nitrogens with one attached hydrogen (secondary N) is 2. The summed E-state index contributed by atoms with van der Waals surface area (Å²) in [5.74, 6) is 0.300. The summed E-state index contributed by atoms with van der Waals surface area (Å²) in [6, 6.07) is 9.36. The number of hydrogen-bond acceptors (Lipinski definition) is 9. The Bertz CT molecular complexity index is 1990. The Morgan fingerprint density at radius 1 is 0.844 bits per heavy atom. The summed E-state index contributed by atoms with van der Waals surface area (Å²) in [5, 5.41) is 8.42.